The van der Waals surface area contributed by atoms with Gasteiger partial charge in [-0.2, -0.15) is 0 Å². The molecule has 0 atom stereocenters. The van der Waals surface area contributed by atoms with E-state index in [1.807, 2.05) is 17.5 Å². The molecule has 0 fully saturated rings. The highest BCUT2D eigenvalue weighted by atomic mass is 32.1. The molecule has 3 aromatic heterocycles. The summed E-state index contributed by atoms with van der Waals surface area (Å²) in [5.41, 5.74) is 1.48. The number of hydrogen-bond acceptors (Lipinski definition) is 5. The average molecular weight is 316 g/mol. The summed E-state index contributed by atoms with van der Waals surface area (Å²) in [7, 11) is 0. The lowest BCUT2D eigenvalue weighted by Gasteiger charge is -2.21. The summed E-state index contributed by atoms with van der Waals surface area (Å²) in [4.78, 5) is 15.8. The van der Waals surface area contributed by atoms with Gasteiger partial charge in [0.15, 0.2) is 0 Å². The first-order valence-corrected chi connectivity index (χ1v) is 7.86. The lowest BCUT2D eigenvalue weighted by Crippen LogP contribution is -2.32. The van der Waals surface area contributed by atoms with E-state index >= 15 is 0 Å². The molecule has 0 radical (unpaired) electrons. The highest BCUT2D eigenvalue weighted by Crippen LogP contribution is 2.16. The number of furan rings is 1. The Morgan fingerprint density at radius 3 is 2.95 bits per heavy atom. The molecule has 0 unspecified atom stereocenters. The summed E-state index contributed by atoms with van der Waals surface area (Å²) >= 11 is 1.70. The van der Waals surface area contributed by atoms with E-state index in [9.17, 15) is 4.79 Å². The third-order valence-electron chi connectivity index (χ3n) is 3.43. The van der Waals surface area contributed by atoms with E-state index in [1.54, 1.807) is 35.7 Å². The van der Waals surface area contributed by atoms with E-state index in [1.165, 1.54) is 11.1 Å². The van der Waals surface area contributed by atoms with Gasteiger partial charge in [0.1, 0.15) is 11.3 Å². The normalized spacial score (nSPS) is 10.8. The molecule has 3 rings (SSSR count). The molecule has 1 amide bonds. The highest BCUT2D eigenvalue weighted by molar-refractivity contribution is 7.09. The van der Waals surface area contributed by atoms with Crippen LogP contribution in [0.4, 0.5) is 0 Å². The summed E-state index contributed by atoms with van der Waals surface area (Å²) in [6.07, 6.45) is 5.57. The standard InChI is InChI=1S/C16H16N2O3S/c1-12-15(9-17-21-12)16(19)18(10-13-5-7-20-11-13)6-4-14-3-2-8-22-14/h2-3,5,7-9,11H,4,6,10H2,1H3. The van der Waals surface area contributed by atoms with Crippen LogP contribution < -0.4 is 0 Å². The Hall–Kier alpha value is -2.34. The predicted octanol–water partition coefficient (Wildman–Crippen LogP) is 3.52. The minimum absolute atomic E-state index is 0.0727. The van der Waals surface area contributed by atoms with Crippen molar-refractivity contribution in [3.63, 3.8) is 0 Å². The van der Waals surface area contributed by atoms with E-state index in [0.29, 0.717) is 24.4 Å². The molecule has 3 aromatic rings. The molecule has 0 N–H and O–H groups in total. The molecule has 0 bridgehead atoms. The zero-order valence-corrected chi connectivity index (χ0v) is 13.0. The fourth-order valence-electron chi connectivity index (χ4n) is 2.23. The van der Waals surface area contributed by atoms with Gasteiger partial charge in [0.05, 0.1) is 18.7 Å². The first kappa shape index (κ1) is 14.6. The van der Waals surface area contributed by atoms with Gasteiger partial charge in [-0.1, -0.05) is 11.2 Å². The van der Waals surface area contributed by atoms with Gasteiger partial charge >= 0.3 is 0 Å². The van der Waals surface area contributed by atoms with E-state index in [-0.39, 0.29) is 5.91 Å². The summed E-state index contributed by atoms with van der Waals surface area (Å²) in [5.74, 6) is 0.467. The van der Waals surface area contributed by atoms with Crippen molar-refractivity contribution in [3.05, 3.63) is 64.1 Å². The van der Waals surface area contributed by atoms with Gasteiger partial charge in [0, 0.05) is 23.5 Å². The van der Waals surface area contributed by atoms with Gasteiger partial charge < -0.3 is 13.8 Å². The Morgan fingerprint density at radius 2 is 2.32 bits per heavy atom. The molecule has 0 saturated heterocycles. The second-order valence-electron chi connectivity index (χ2n) is 4.98. The maximum Gasteiger partial charge on any atom is 0.259 e. The zero-order valence-electron chi connectivity index (χ0n) is 12.2. The van der Waals surface area contributed by atoms with Crippen molar-refractivity contribution < 1.29 is 13.7 Å². The first-order valence-electron chi connectivity index (χ1n) is 6.98. The van der Waals surface area contributed by atoms with Crippen molar-refractivity contribution in [1.29, 1.82) is 0 Å². The van der Waals surface area contributed by atoms with Gasteiger partial charge in [0.2, 0.25) is 0 Å². The summed E-state index contributed by atoms with van der Waals surface area (Å²) in [6.45, 7) is 2.88. The Morgan fingerprint density at radius 1 is 1.41 bits per heavy atom. The van der Waals surface area contributed by atoms with Crippen LogP contribution in [0.25, 0.3) is 0 Å². The van der Waals surface area contributed by atoms with Crippen LogP contribution in [0.1, 0.15) is 26.6 Å². The Labute approximate surface area is 132 Å². The SMILES string of the molecule is Cc1oncc1C(=O)N(CCc1cccs1)Cc1ccoc1. The topological polar surface area (TPSA) is 59.5 Å². The van der Waals surface area contributed by atoms with E-state index < -0.39 is 0 Å². The molecular formula is C16H16N2O3S. The van der Waals surface area contributed by atoms with Crippen molar-refractivity contribution >= 4 is 17.2 Å². The Kier molecular flexibility index (Phi) is 4.39. The van der Waals surface area contributed by atoms with Crippen LogP contribution in [0.2, 0.25) is 0 Å². The number of carbonyl (C=O) groups is 1. The maximum absolute atomic E-state index is 12.7. The van der Waals surface area contributed by atoms with Crippen molar-refractivity contribution in [1.82, 2.24) is 10.1 Å². The van der Waals surface area contributed by atoms with Crippen LogP contribution in [0.5, 0.6) is 0 Å². The van der Waals surface area contributed by atoms with E-state index in [0.717, 1.165) is 12.0 Å². The van der Waals surface area contributed by atoms with E-state index in [2.05, 4.69) is 11.2 Å². The van der Waals surface area contributed by atoms with Crippen LogP contribution in [0.3, 0.4) is 0 Å². The average Bonchev–Trinajstić information content (AvgIpc) is 3.25. The van der Waals surface area contributed by atoms with Crippen molar-refractivity contribution in [2.45, 2.75) is 19.9 Å². The Bertz CT molecular complexity index is 717. The van der Waals surface area contributed by atoms with Crippen molar-refractivity contribution in [3.8, 4) is 0 Å². The number of rotatable bonds is 6. The zero-order chi connectivity index (χ0) is 15.4. The fourth-order valence-corrected chi connectivity index (χ4v) is 2.93. The van der Waals surface area contributed by atoms with E-state index in [4.69, 9.17) is 8.94 Å². The minimum Gasteiger partial charge on any atom is -0.472 e. The summed E-state index contributed by atoms with van der Waals surface area (Å²) < 4.78 is 10.1. The monoisotopic (exact) mass is 316 g/mol. The molecule has 6 heteroatoms. The highest BCUT2D eigenvalue weighted by Gasteiger charge is 2.21. The van der Waals surface area contributed by atoms with Gasteiger partial charge in [-0.05, 0) is 30.9 Å². The quantitative estimate of drug-likeness (QED) is 0.698. The number of carbonyl (C=O) groups excluding carboxylic acids is 1. The molecule has 0 saturated carbocycles. The molecule has 0 aliphatic carbocycles. The second kappa shape index (κ2) is 6.62. The molecule has 3 heterocycles. The lowest BCUT2D eigenvalue weighted by molar-refractivity contribution is 0.0743. The number of aryl methyl sites for hydroxylation is 1. The third-order valence-corrected chi connectivity index (χ3v) is 4.37. The summed E-state index contributed by atoms with van der Waals surface area (Å²) in [6, 6.07) is 5.97. The van der Waals surface area contributed by atoms with Gasteiger partial charge in [0.25, 0.3) is 5.91 Å². The van der Waals surface area contributed by atoms with Crippen LogP contribution in [-0.2, 0) is 13.0 Å². The molecule has 5 nitrogen and oxygen atoms in total. The van der Waals surface area contributed by atoms with Gasteiger partial charge in [-0.25, -0.2) is 0 Å². The molecule has 114 valence electrons. The van der Waals surface area contributed by atoms with Gasteiger partial charge in [-0.15, -0.1) is 11.3 Å². The van der Waals surface area contributed by atoms with Gasteiger partial charge in [-0.3, -0.25) is 4.79 Å². The predicted molar refractivity (Wildman–Crippen MR) is 82.7 cm³/mol. The molecule has 0 aromatic carbocycles. The largest absolute Gasteiger partial charge is 0.472 e. The van der Waals surface area contributed by atoms with Crippen molar-refractivity contribution in [2.24, 2.45) is 0 Å². The number of aromatic nitrogens is 1. The second-order valence-corrected chi connectivity index (χ2v) is 6.02. The molecule has 0 spiro atoms. The number of hydrogen-bond donors (Lipinski definition) is 0. The lowest BCUT2D eigenvalue weighted by atomic mass is 10.2. The molecular weight excluding hydrogens is 300 g/mol. The van der Waals surface area contributed by atoms with Crippen LogP contribution >= 0.6 is 11.3 Å². The minimum atomic E-state index is -0.0727. The van der Waals surface area contributed by atoms with Crippen molar-refractivity contribution in [2.75, 3.05) is 6.54 Å². The smallest absolute Gasteiger partial charge is 0.259 e. The Balaban J connectivity index is 1.75. The maximum atomic E-state index is 12.7. The number of amides is 1. The molecule has 0 aliphatic heterocycles. The number of nitrogens with zero attached hydrogens (tertiary/aromatic N) is 2. The van der Waals surface area contributed by atoms with Crippen LogP contribution in [0.15, 0.2) is 51.2 Å². The fraction of sp³-hybridized carbons (Fsp3) is 0.250. The number of thiophene rings is 1. The van der Waals surface area contributed by atoms with Crippen LogP contribution in [-0.4, -0.2) is 22.5 Å². The first-order chi connectivity index (χ1) is 10.7. The molecule has 0 aliphatic rings. The summed E-state index contributed by atoms with van der Waals surface area (Å²) in [5, 5.41) is 5.74. The molecule has 22 heavy (non-hydrogen) atoms. The van der Waals surface area contributed by atoms with Crippen LogP contribution in [0, 0.1) is 6.92 Å². The third kappa shape index (κ3) is 3.28.